The molecule has 184 valence electrons. The van der Waals surface area contributed by atoms with Gasteiger partial charge in [-0.2, -0.15) is 0 Å². The third kappa shape index (κ3) is 3.03. The largest absolute Gasteiger partial charge is 1.00 e. The summed E-state index contributed by atoms with van der Waals surface area (Å²) in [7, 11) is 2.97. The topological polar surface area (TPSA) is 182 Å². The number of Topliss-reactive ketones (excluding diaryl/α,β-unsaturated/α-hetero) is 2. The van der Waals surface area contributed by atoms with Gasteiger partial charge >= 0.3 is 0 Å². The van der Waals surface area contributed by atoms with E-state index in [-0.39, 0.29) is 35.0 Å². The summed E-state index contributed by atoms with van der Waals surface area (Å²) in [4.78, 5) is 40.1. The second-order valence-corrected chi connectivity index (χ2v) is 9.48. The summed E-state index contributed by atoms with van der Waals surface area (Å²) in [5, 5.41) is 55.2. The highest BCUT2D eigenvalue weighted by Crippen LogP contribution is 2.58. The van der Waals surface area contributed by atoms with Gasteiger partial charge in [0.15, 0.2) is 11.4 Å². The van der Waals surface area contributed by atoms with Crippen LogP contribution < -0.4 is 18.1 Å². The molecule has 3 aliphatic carbocycles. The Morgan fingerprint density at radius 2 is 1.76 bits per heavy atom. The molecule has 4 rings (SSSR count). The van der Waals surface area contributed by atoms with E-state index in [1.54, 1.807) is 0 Å². The number of ketones is 2. The van der Waals surface area contributed by atoms with Gasteiger partial charge in [-0.25, -0.2) is 0 Å². The maximum absolute atomic E-state index is 13.7. The van der Waals surface area contributed by atoms with E-state index in [4.69, 9.17) is 17.3 Å². The number of benzene rings is 1. The number of likely N-dealkylation sites (N-methyl/N-ethyl adjacent to an activating group) is 1. The van der Waals surface area contributed by atoms with Crippen LogP contribution >= 0.6 is 11.6 Å². The fourth-order valence-corrected chi connectivity index (χ4v) is 5.93. The number of phenols is 1. The maximum atomic E-state index is 13.7. The Balaban J connectivity index is 0.00000324. The van der Waals surface area contributed by atoms with Crippen LogP contribution in [0.5, 0.6) is 5.75 Å². The molecule has 0 aliphatic heterocycles. The van der Waals surface area contributed by atoms with Gasteiger partial charge in [0.25, 0.3) is 5.91 Å². The number of amides is 1. The van der Waals surface area contributed by atoms with Crippen molar-refractivity contribution >= 4 is 34.8 Å². The first-order chi connectivity index (χ1) is 15.2. The van der Waals surface area contributed by atoms with Gasteiger partial charge < -0.3 is 43.7 Å². The Hall–Kier alpha value is -2.63. The molecule has 34 heavy (non-hydrogen) atoms. The zero-order valence-corrected chi connectivity index (χ0v) is 19.8. The number of carbonyl (C=O) groups is 3. The minimum absolute atomic E-state index is 0. The number of aliphatic hydroxyl groups excluding tert-OH is 2. The molecule has 0 aromatic heterocycles. The van der Waals surface area contributed by atoms with Crippen LogP contribution in [0.2, 0.25) is 5.02 Å². The zero-order chi connectivity index (χ0) is 24.8. The standard InChI is InChI=1S/C22H23ClN2O8.ClH/c1-21(32)7-6-8-15(25(2)3)17(28)13(20(24)31)19(30)22(8,33)18(29)11(7)16(27)12-10(26)5-4-9(23)14(12)21;/h4-5,7-8,15,26-27,30,32-33H,6H2,1-3H3,(H2,24,31);1H/p-1/t7?,8-,15-,21-,22-;/m0./s1. The lowest BCUT2D eigenvalue weighted by molar-refractivity contribution is -0.159. The molecule has 0 radical (unpaired) electrons. The number of halogens is 2. The number of aromatic hydroxyl groups is 1. The van der Waals surface area contributed by atoms with Crippen molar-refractivity contribution in [2.24, 2.45) is 17.6 Å². The molecule has 1 fully saturated rings. The van der Waals surface area contributed by atoms with Gasteiger partial charge in [-0.15, -0.1) is 0 Å². The smallest absolute Gasteiger partial charge is 0.255 e. The van der Waals surface area contributed by atoms with E-state index in [1.165, 1.54) is 38.1 Å². The summed E-state index contributed by atoms with van der Waals surface area (Å²) >= 11 is 6.28. The fourth-order valence-electron chi connectivity index (χ4n) is 5.58. The third-order valence-electron chi connectivity index (χ3n) is 7.07. The number of phenolic OH excluding ortho intramolecular Hbond substituents is 1. The van der Waals surface area contributed by atoms with Crippen molar-refractivity contribution < 1.29 is 52.3 Å². The SMILES string of the molecule is CN(C)[C@@H]1C(=O)C(C(N)=O)=C(O)[C@@]2(O)C(=O)C3=C(O)c4c(O)ccc(Cl)c4[C@@](C)(O)C3C[C@@H]12.[Cl-]. The number of primary amides is 1. The molecule has 0 bridgehead atoms. The van der Waals surface area contributed by atoms with Gasteiger partial charge in [0.2, 0.25) is 5.78 Å². The first-order valence-electron chi connectivity index (χ1n) is 10.1. The molecule has 1 unspecified atom stereocenters. The highest BCUT2D eigenvalue weighted by Gasteiger charge is 2.66. The van der Waals surface area contributed by atoms with E-state index in [0.29, 0.717) is 0 Å². The second-order valence-electron chi connectivity index (χ2n) is 9.08. The molecule has 1 aromatic rings. The van der Waals surface area contributed by atoms with Crippen LogP contribution in [0.25, 0.3) is 5.76 Å². The molecule has 1 aromatic carbocycles. The molecule has 10 nitrogen and oxygen atoms in total. The number of carbonyl (C=O) groups excluding carboxylic acids is 3. The molecular formula is C22H23Cl2N2O8-. The van der Waals surface area contributed by atoms with Crippen molar-refractivity contribution in [1.82, 2.24) is 4.90 Å². The summed E-state index contributed by atoms with van der Waals surface area (Å²) in [5.74, 6) is -8.30. The molecule has 0 saturated heterocycles. The van der Waals surface area contributed by atoms with Gasteiger partial charge in [0, 0.05) is 28.0 Å². The average molecular weight is 514 g/mol. The van der Waals surface area contributed by atoms with Crippen LogP contribution in [0.4, 0.5) is 0 Å². The Bertz CT molecular complexity index is 1210. The maximum Gasteiger partial charge on any atom is 0.255 e. The van der Waals surface area contributed by atoms with Gasteiger partial charge in [0.05, 0.1) is 17.2 Å². The number of aliphatic hydroxyl groups is 4. The minimum Gasteiger partial charge on any atom is -1.00 e. The predicted octanol–water partition coefficient (Wildman–Crippen LogP) is -2.71. The minimum atomic E-state index is -2.78. The highest BCUT2D eigenvalue weighted by atomic mass is 35.5. The van der Waals surface area contributed by atoms with Crippen molar-refractivity contribution in [3.8, 4) is 5.75 Å². The summed E-state index contributed by atoms with van der Waals surface area (Å²) < 4.78 is 0. The Kier molecular flexibility index (Phi) is 6.08. The normalized spacial score (nSPS) is 32.7. The predicted molar refractivity (Wildman–Crippen MR) is 115 cm³/mol. The lowest BCUT2D eigenvalue weighted by atomic mass is 9.54. The number of hydrogen-bond acceptors (Lipinski definition) is 9. The monoisotopic (exact) mass is 513 g/mol. The number of rotatable bonds is 2. The van der Waals surface area contributed by atoms with E-state index in [0.717, 1.165) is 0 Å². The van der Waals surface area contributed by atoms with Crippen molar-refractivity contribution in [3.05, 3.63) is 45.2 Å². The summed E-state index contributed by atoms with van der Waals surface area (Å²) in [6.45, 7) is 1.34. The molecule has 3 aliphatic rings. The number of hydrogen-bond donors (Lipinski definition) is 6. The number of nitrogens with two attached hydrogens (primary N) is 1. The quantitative estimate of drug-likeness (QED) is 0.229. The van der Waals surface area contributed by atoms with Gasteiger partial charge in [-0.3, -0.25) is 19.3 Å². The van der Waals surface area contributed by atoms with Crippen molar-refractivity contribution in [3.63, 3.8) is 0 Å². The van der Waals surface area contributed by atoms with E-state index in [1.807, 2.05) is 0 Å². The lowest BCUT2D eigenvalue weighted by Gasteiger charge is -2.53. The van der Waals surface area contributed by atoms with Crippen LogP contribution in [-0.2, 0) is 20.0 Å². The van der Waals surface area contributed by atoms with Crippen LogP contribution in [0.15, 0.2) is 29.0 Å². The van der Waals surface area contributed by atoms with Gasteiger partial charge in [-0.05, 0) is 39.6 Å². The molecule has 0 heterocycles. The number of fused-ring (bicyclic) bond motifs is 3. The van der Waals surface area contributed by atoms with Gasteiger partial charge in [-0.1, -0.05) is 11.6 Å². The van der Waals surface area contributed by atoms with Crippen molar-refractivity contribution in [2.75, 3.05) is 14.1 Å². The molecule has 1 saturated carbocycles. The van der Waals surface area contributed by atoms with E-state index in [9.17, 15) is 39.9 Å². The second kappa shape index (κ2) is 7.96. The lowest BCUT2D eigenvalue weighted by Crippen LogP contribution is -3.00. The average Bonchev–Trinajstić information content (AvgIpc) is 2.69. The Morgan fingerprint density at radius 3 is 2.29 bits per heavy atom. The summed E-state index contributed by atoms with van der Waals surface area (Å²) in [5.41, 5.74) is -1.10. The Labute approximate surface area is 205 Å². The molecule has 12 heteroatoms. The zero-order valence-electron chi connectivity index (χ0n) is 18.3. The van der Waals surface area contributed by atoms with Crippen LogP contribution in [0.1, 0.15) is 24.5 Å². The van der Waals surface area contributed by atoms with E-state index >= 15 is 0 Å². The molecule has 5 atom stereocenters. The van der Waals surface area contributed by atoms with Crippen molar-refractivity contribution in [1.29, 1.82) is 0 Å². The number of nitrogens with zero attached hydrogens (tertiary/aromatic N) is 1. The Morgan fingerprint density at radius 1 is 1.18 bits per heavy atom. The van der Waals surface area contributed by atoms with Crippen LogP contribution in [0, 0.1) is 11.8 Å². The van der Waals surface area contributed by atoms with Crippen molar-refractivity contribution in [2.45, 2.75) is 30.6 Å². The molecule has 7 N–H and O–H groups in total. The first kappa shape index (κ1) is 26.0. The third-order valence-corrected chi connectivity index (χ3v) is 7.39. The van der Waals surface area contributed by atoms with E-state index in [2.05, 4.69) is 0 Å². The molecule has 0 spiro atoms. The fraction of sp³-hybridized carbons (Fsp3) is 0.409. The van der Waals surface area contributed by atoms with Crippen LogP contribution in [-0.4, -0.2) is 73.6 Å². The molecule has 1 amide bonds. The van der Waals surface area contributed by atoms with E-state index < -0.39 is 75.0 Å². The first-order valence-corrected chi connectivity index (χ1v) is 10.5. The highest BCUT2D eigenvalue weighted by molar-refractivity contribution is 6.32. The molecular weight excluding hydrogens is 491 g/mol. The summed E-state index contributed by atoms with van der Waals surface area (Å²) in [6, 6.07) is 1.24. The summed E-state index contributed by atoms with van der Waals surface area (Å²) in [6.07, 6.45) is -0.259. The van der Waals surface area contributed by atoms with Gasteiger partial charge in [0.1, 0.15) is 22.8 Å². The van der Waals surface area contributed by atoms with Crippen LogP contribution in [0.3, 0.4) is 0 Å².